The summed E-state index contributed by atoms with van der Waals surface area (Å²) in [6.07, 6.45) is 1.52. The molecule has 1 saturated heterocycles. The van der Waals surface area contributed by atoms with Crippen molar-refractivity contribution >= 4 is 17.1 Å². The second-order valence-electron chi connectivity index (χ2n) is 4.25. The van der Waals surface area contributed by atoms with Gasteiger partial charge in [-0.3, -0.25) is 20.2 Å². The van der Waals surface area contributed by atoms with Crippen molar-refractivity contribution in [2.45, 2.75) is 18.9 Å². The molecule has 1 aliphatic heterocycles. The topological polar surface area (TPSA) is 108 Å². The molecule has 0 atom stereocenters. The standard InChI is InChI=1S/C11H13N3O5/c15-13(16)9-1-2-10(11(7-9)14(17)18)12-8-3-5-19-6-4-8/h1-2,7-8,12H,3-6H2. The molecule has 0 amide bonds. The zero-order valence-electron chi connectivity index (χ0n) is 10.1. The quantitative estimate of drug-likeness (QED) is 0.661. The van der Waals surface area contributed by atoms with Gasteiger partial charge in [-0.15, -0.1) is 0 Å². The van der Waals surface area contributed by atoms with Crippen LogP contribution in [0.25, 0.3) is 0 Å². The second-order valence-corrected chi connectivity index (χ2v) is 4.25. The van der Waals surface area contributed by atoms with E-state index in [9.17, 15) is 20.2 Å². The number of nitrogens with one attached hydrogen (secondary N) is 1. The van der Waals surface area contributed by atoms with Gasteiger partial charge in [-0.05, 0) is 18.9 Å². The molecule has 0 unspecified atom stereocenters. The predicted molar refractivity (Wildman–Crippen MR) is 67.2 cm³/mol. The molecule has 0 aromatic heterocycles. The first kappa shape index (κ1) is 13.2. The van der Waals surface area contributed by atoms with E-state index >= 15 is 0 Å². The van der Waals surface area contributed by atoms with Gasteiger partial charge in [0.1, 0.15) is 5.69 Å². The lowest BCUT2D eigenvalue weighted by atomic mass is 10.1. The third-order valence-corrected chi connectivity index (χ3v) is 2.97. The summed E-state index contributed by atoms with van der Waals surface area (Å²) in [4.78, 5) is 20.3. The van der Waals surface area contributed by atoms with Crippen molar-refractivity contribution in [3.63, 3.8) is 0 Å². The van der Waals surface area contributed by atoms with Gasteiger partial charge in [-0.2, -0.15) is 0 Å². The van der Waals surface area contributed by atoms with Crippen LogP contribution in [0.1, 0.15) is 12.8 Å². The van der Waals surface area contributed by atoms with Crippen molar-refractivity contribution < 1.29 is 14.6 Å². The number of hydrogen-bond donors (Lipinski definition) is 1. The predicted octanol–water partition coefficient (Wildman–Crippen LogP) is 2.09. The monoisotopic (exact) mass is 267 g/mol. The summed E-state index contributed by atoms with van der Waals surface area (Å²) in [6.45, 7) is 1.22. The number of ether oxygens (including phenoxy) is 1. The van der Waals surface area contributed by atoms with Crippen LogP contribution < -0.4 is 5.32 Å². The molecule has 0 aliphatic carbocycles. The highest BCUT2D eigenvalue weighted by molar-refractivity contribution is 5.65. The molecule has 0 spiro atoms. The minimum Gasteiger partial charge on any atom is -0.381 e. The van der Waals surface area contributed by atoms with Crippen molar-refractivity contribution in [3.8, 4) is 0 Å². The van der Waals surface area contributed by atoms with Crippen LogP contribution in [0.2, 0.25) is 0 Å². The lowest BCUT2D eigenvalue weighted by Crippen LogP contribution is -2.28. The maximum Gasteiger partial charge on any atom is 0.299 e. The van der Waals surface area contributed by atoms with E-state index in [4.69, 9.17) is 4.74 Å². The molecule has 1 aromatic carbocycles. The highest BCUT2D eigenvalue weighted by Gasteiger charge is 2.22. The van der Waals surface area contributed by atoms with Gasteiger partial charge >= 0.3 is 0 Å². The summed E-state index contributed by atoms with van der Waals surface area (Å²) < 4.78 is 5.20. The number of anilines is 1. The fourth-order valence-corrected chi connectivity index (χ4v) is 1.97. The molecule has 1 aromatic rings. The Hall–Kier alpha value is -2.22. The number of non-ortho nitro benzene ring substituents is 1. The molecule has 2 rings (SSSR count). The third kappa shape index (κ3) is 3.16. The Morgan fingerprint density at radius 1 is 1.16 bits per heavy atom. The van der Waals surface area contributed by atoms with Crippen molar-refractivity contribution in [1.29, 1.82) is 0 Å². The van der Waals surface area contributed by atoms with E-state index < -0.39 is 9.85 Å². The molecule has 1 aliphatic rings. The summed E-state index contributed by atoms with van der Waals surface area (Å²) in [7, 11) is 0. The summed E-state index contributed by atoms with van der Waals surface area (Å²) >= 11 is 0. The molecule has 1 fully saturated rings. The number of nitrogens with zero attached hydrogens (tertiary/aromatic N) is 2. The highest BCUT2D eigenvalue weighted by Crippen LogP contribution is 2.30. The molecule has 8 nitrogen and oxygen atoms in total. The molecule has 1 N–H and O–H groups in total. The summed E-state index contributed by atoms with van der Waals surface area (Å²) in [5.41, 5.74) is -0.257. The maximum atomic E-state index is 11.0. The molecule has 0 radical (unpaired) electrons. The van der Waals surface area contributed by atoms with E-state index in [2.05, 4.69) is 5.32 Å². The SMILES string of the molecule is O=[N+]([O-])c1ccc(NC2CCOCC2)c([N+](=O)[O-])c1. The normalized spacial score (nSPS) is 16.0. The molecule has 1 heterocycles. The Morgan fingerprint density at radius 2 is 1.84 bits per heavy atom. The van der Waals surface area contributed by atoms with Gasteiger partial charge in [-0.25, -0.2) is 0 Å². The van der Waals surface area contributed by atoms with Gasteiger partial charge in [0.25, 0.3) is 11.4 Å². The van der Waals surface area contributed by atoms with Gasteiger partial charge in [0.05, 0.1) is 15.9 Å². The van der Waals surface area contributed by atoms with Crippen molar-refractivity contribution in [3.05, 3.63) is 38.4 Å². The minimum absolute atomic E-state index is 0.0916. The van der Waals surface area contributed by atoms with Gasteiger partial charge in [0, 0.05) is 25.3 Å². The van der Waals surface area contributed by atoms with Crippen LogP contribution in [0.3, 0.4) is 0 Å². The molecule has 0 saturated carbocycles. The Bertz CT molecular complexity index is 499. The van der Waals surface area contributed by atoms with Crippen LogP contribution in [0.5, 0.6) is 0 Å². The average molecular weight is 267 g/mol. The minimum atomic E-state index is -0.648. The summed E-state index contributed by atoms with van der Waals surface area (Å²) in [5, 5.41) is 24.6. The largest absolute Gasteiger partial charge is 0.381 e. The fourth-order valence-electron chi connectivity index (χ4n) is 1.97. The van der Waals surface area contributed by atoms with Crippen LogP contribution in [-0.2, 0) is 4.74 Å². The van der Waals surface area contributed by atoms with Crippen LogP contribution >= 0.6 is 0 Å². The third-order valence-electron chi connectivity index (χ3n) is 2.97. The van der Waals surface area contributed by atoms with Gasteiger partial charge in [0.2, 0.25) is 0 Å². The molecule has 0 bridgehead atoms. The Balaban J connectivity index is 2.23. The van der Waals surface area contributed by atoms with Crippen LogP contribution in [0.15, 0.2) is 18.2 Å². The zero-order valence-corrected chi connectivity index (χ0v) is 10.1. The first-order valence-electron chi connectivity index (χ1n) is 5.85. The number of rotatable bonds is 4. The van der Waals surface area contributed by atoms with Crippen LogP contribution in [0.4, 0.5) is 17.1 Å². The Kier molecular flexibility index (Phi) is 3.91. The zero-order chi connectivity index (χ0) is 13.8. The lowest BCUT2D eigenvalue weighted by molar-refractivity contribution is -0.393. The van der Waals surface area contributed by atoms with E-state index in [1.54, 1.807) is 0 Å². The average Bonchev–Trinajstić information content (AvgIpc) is 2.39. The Morgan fingerprint density at radius 3 is 2.42 bits per heavy atom. The summed E-state index contributed by atoms with van der Waals surface area (Å²) in [5.74, 6) is 0. The maximum absolute atomic E-state index is 11.0. The lowest BCUT2D eigenvalue weighted by Gasteiger charge is -2.23. The van der Waals surface area contributed by atoms with Gasteiger partial charge < -0.3 is 10.1 Å². The van der Waals surface area contributed by atoms with E-state index in [1.807, 2.05) is 0 Å². The van der Waals surface area contributed by atoms with Gasteiger partial charge in [-0.1, -0.05) is 0 Å². The summed E-state index contributed by atoms with van der Waals surface area (Å²) in [6, 6.07) is 3.70. The number of benzene rings is 1. The van der Waals surface area contributed by atoms with E-state index in [0.717, 1.165) is 18.9 Å². The van der Waals surface area contributed by atoms with Crippen molar-refractivity contribution in [2.24, 2.45) is 0 Å². The van der Waals surface area contributed by atoms with E-state index in [0.29, 0.717) is 18.9 Å². The first-order valence-corrected chi connectivity index (χ1v) is 5.85. The Labute approximate surface area is 108 Å². The van der Waals surface area contributed by atoms with E-state index in [1.165, 1.54) is 12.1 Å². The molecule has 102 valence electrons. The van der Waals surface area contributed by atoms with Crippen LogP contribution in [0, 0.1) is 20.2 Å². The molecular formula is C11H13N3O5. The van der Waals surface area contributed by atoms with Crippen molar-refractivity contribution in [2.75, 3.05) is 18.5 Å². The number of nitro benzene ring substituents is 2. The van der Waals surface area contributed by atoms with Crippen LogP contribution in [-0.4, -0.2) is 29.1 Å². The van der Waals surface area contributed by atoms with Gasteiger partial charge in [0.15, 0.2) is 0 Å². The molecule has 19 heavy (non-hydrogen) atoms. The molecular weight excluding hydrogens is 254 g/mol. The number of hydrogen-bond acceptors (Lipinski definition) is 6. The smallest absolute Gasteiger partial charge is 0.299 e. The number of nitro groups is 2. The first-order chi connectivity index (χ1) is 9.08. The highest BCUT2D eigenvalue weighted by atomic mass is 16.6. The van der Waals surface area contributed by atoms with Crippen molar-refractivity contribution in [1.82, 2.24) is 0 Å². The second kappa shape index (κ2) is 5.61. The van der Waals surface area contributed by atoms with E-state index in [-0.39, 0.29) is 17.4 Å². The molecule has 8 heteroatoms. The fraction of sp³-hybridized carbons (Fsp3) is 0.455.